The van der Waals surface area contributed by atoms with Gasteiger partial charge in [0.15, 0.2) is 0 Å². The van der Waals surface area contributed by atoms with E-state index < -0.39 is 0 Å². The van der Waals surface area contributed by atoms with Gasteiger partial charge in [0.05, 0.1) is 0 Å². The normalized spacial score (nSPS) is 17.0. The van der Waals surface area contributed by atoms with Crippen LogP contribution in [-0.2, 0) is 9.53 Å². The zero-order valence-electron chi connectivity index (χ0n) is 18.0. The number of anilines is 1. The fraction of sp³-hybridized carbons (Fsp3) is 0.320. The molecule has 29 heavy (non-hydrogen) atoms. The Kier molecular flexibility index (Phi) is 12.4. The Bertz CT molecular complexity index is 758. The van der Waals surface area contributed by atoms with Crippen LogP contribution >= 0.6 is 0 Å². The van der Waals surface area contributed by atoms with Crippen molar-refractivity contribution in [1.29, 1.82) is 0 Å². The van der Waals surface area contributed by atoms with Crippen LogP contribution in [-0.4, -0.2) is 19.6 Å². The average molecular weight is 395 g/mol. The highest BCUT2D eigenvalue weighted by molar-refractivity contribution is 5.71. The van der Waals surface area contributed by atoms with Crippen LogP contribution in [0.3, 0.4) is 0 Å². The molecule has 156 valence electrons. The van der Waals surface area contributed by atoms with Crippen molar-refractivity contribution >= 4 is 12.1 Å². The van der Waals surface area contributed by atoms with Crippen molar-refractivity contribution in [2.75, 3.05) is 12.4 Å². The van der Waals surface area contributed by atoms with Crippen molar-refractivity contribution < 1.29 is 9.53 Å². The van der Waals surface area contributed by atoms with Gasteiger partial charge in [-0.25, -0.2) is 0 Å². The number of likely N-dealkylation sites (N-methyl/N-ethyl adjacent to an activating group) is 1. The van der Waals surface area contributed by atoms with Crippen LogP contribution in [0.25, 0.3) is 0 Å². The zero-order chi connectivity index (χ0) is 21.3. The molecule has 2 N–H and O–H groups in total. The molecule has 0 bridgehead atoms. The molecular formula is C25H34N2O2. The van der Waals surface area contributed by atoms with Crippen molar-refractivity contribution in [2.45, 2.75) is 46.1 Å². The van der Waals surface area contributed by atoms with Crippen LogP contribution in [0, 0.1) is 6.92 Å². The maximum atomic E-state index is 9.97. The van der Waals surface area contributed by atoms with Gasteiger partial charge in [-0.15, -0.1) is 0 Å². The molecule has 3 rings (SSSR count). The monoisotopic (exact) mass is 394 g/mol. The van der Waals surface area contributed by atoms with E-state index in [9.17, 15) is 4.79 Å². The third kappa shape index (κ3) is 10.2. The van der Waals surface area contributed by atoms with E-state index in [1.807, 2.05) is 70.3 Å². The van der Waals surface area contributed by atoms with Gasteiger partial charge in [-0.05, 0) is 55.7 Å². The molecule has 4 heteroatoms. The summed E-state index contributed by atoms with van der Waals surface area (Å²) in [6.07, 6.45) is 20.5. The first-order chi connectivity index (χ1) is 14.2. The van der Waals surface area contributed by atoms with E-state index in [1.165, 1.54) is 5.70 Å². The highest BCUT2D eigenvalue weighted by atomic mass is 16.5. The Balaban J connectivity index is 0.000000299. The molecule has 0 heterocycles. The van der Waals surface area contributed by atoms with E-state index in [-0.39, 0.29) is 6.10 Å². The Morgan fingerprint density at radius 1 is 1.17 bits per heavy atom. The quantitative estimate of drug-likeness (QED) is 0.619. The van der Waals surface area contributed by atoms with Gasteiger partial charge < -0.3 is 15.4 Å². The van der Waals surface area contributed by atoms with E-state index in [1.54, 1.807) is 0 Å². The molecule has 1 aromatic rings. The summed E-state index contributed by atoms with van der Waals surface area (Å²) in [4.78, 5) is 9.97. The minimum absolute atomic E-state index is 0.184. The lowest BCUT2D eigenvalue weighted by molar-refractivity contribution is -0.105. The van der Waals surface area contributed by atoms with Gasteiger partial charge >= 0.3 is 0 Å². The number of allylic oxidation sites excluding steroid dienone is 7. The number of benzene rings is 1. The van der Waals surface area contributed by atoms with Gasteiger partial charge in [0.2, 0.25) is 6.41 Å². The summed E-state index contributed by atoms with van der Waals surface area (Å²) in [6.45, 7) is 5.98. The molecule has 1 aromatic carbocycles. The summed E-state index contributed by atoms with van der Waals surface area (Å²) in [5.41, 5.74) is 3.16. The maximum Gasteiger partial charge on any atom is 0.211 e. The summed E-state index contributed by atoms with van der Waals surface area (Å²) in [7, 11) is 1.95. The second kappa shape index (κ2) is 15.0. The summed E-state index contributed by atoms with van der Waals surface area (Å²) >= 11 is 0. The second-order valence-corrected chi connectivity index (χ2v) is 6.28. The number of aryl methyl sites for hydroxylation is 1. The lowest BCUT2D eigenvalue weighted by atomic mass is 10.2. The van der Waals surface area contributed by atoms with Crippen LogP contribution in [0.15, 0.2) is 84.3 Å². The smallest absolute Gasteiger partial charge is 0.211 e. The standard InChI is InChI=1S/C15H19NO.C8H9NO.C2H6/c1-16-13-7-6-10-15(12-11-13)17-14-8-4-2-3-5-9-14;1-7-3-2-4-8(5-7)9-6-10;1-2/h2-5,7-8,11-12,15-16H,6,9-10H2,1H3;2-6H,1H3,(H,9,10);1-2H3. The molecule has 2 aliphatic rings. The molecule has 2 aliphatic carbocycles. The third-order valence-electron chi connectivity index (χ3n) is 4.10. The van der Waals surface area contributed by atoms with Crippen LogP contribution in [0.4, 0.5) is 5.69 Å². The largest absolute Gasteiger partial charge is 0.490 e. The molecule has 0 spiro atoms. The number of rotatable bonds is 5. The molecule has 4 nitrogen and oxygen atoms in total. The highest BCUT2D eigenvalue weighted by Crippen LogP contribution is 2.18. The van der Waals surface area contributed by atoms with Crippen molar-refractivity contribution in [2.24, 2.45) is 0 Å². The second-order valence-electron chi connectivity index (χ2n) is 6.28. The van der Waals surface area contributed by atoms with Crippen LogP contribution < -0.4 is 10.6 Å². The topological polar surface area (TPSA) is 50.4 Å². The van der Waals surface area contributed by atoms with Gasteiger partial charge in [-0.3, -0.25) is 4.79 Å². The number of ether oxygens (including phenoxy) is 1. The van der Waals surface area contributed by atoms with Crippen LogP contribution in [0.5, 0.6) is 0 Å². The zero-order valence-corrected chi connectivity index (χ0v) is 18.0. The number of hydrogen-bond acceptors (Lipinski definition) is 3. The van der Waals surface area contributed by atoms with E-state index in [4.69, 9.17) is 4.74 Å². The van der Waals surface area contributed by atoms with Crippen molar-refractivity contribution in [3.63, 3.8) is 0 Å². The molecule has 0 fully saturated rings. The van der Waals surface area contributed by atoms with Gasteiger partial charge in [-0.2, -0.15) is 0 Å². The van der Waals surface area contributed by atoms with E-state index in [0.717, 1.165) is 36.3 Å². The van der Waals surface area contributed by atoms with Gasteiger partial charge in [0.1, 0.15) is 11.9 Å². The Hall–Kier alpha value is -3.01. The summed E-state index contributed by atoms with van der Waals surface area (Å²) in [5, 5.41) is 5.73. The minimum Gasteiger partial charge on any atom is -0.490 e. The molecule has 0 aliphatic heterocycles. The number of amides is 1. The van der Waals surface area contributed by atoms with Crippen LogP contribution in [0.2, 0.25) is 0 Å². The molecule has 1 unspecified atom stereocenters. The molecule has 0 saturated heterocycles. The molecule has 1 amide bonds. The lowest BCUT2D eigenvalue weighted by Crippen LogP contribution is -2.08. The first-order valence-corrected chi connectivity index (χ1v) is 10.2. The fourth-order valence-corrected chi connectivity index (χ4v) is 2.70. The number of nitrogens with one attached hydrogen (secondary N) is 2. The molecular weight excluding hydrogens is 360 g/mol. The first-order valence-electron chi connectivity index (χ1n) is 10.2. The Morgan fingerprint density at radius 3 is 2.72 bits per heavy atom. The lowest BCUT2D eigenvalue weighted by Gasteiger charge is -2.15. The van der Waals surface area contributed by atoms with Crippen molar-refractivity contribution in [3.8, 4) is 0 Å². The number of carbonyl (C=O) groups is 1. The SMILES string of the molecule is CC.CNC1=CCCC(OC2=CC=CC=CC2)C=C1.Cc1cccc(NC=O)c1. The van der Waals surface area contributed by atoms with E-state index in [2.05, 4.69) is 41.0 Å². The minimum atomic E-state index is 0.184. The summed E-state index contributed by atoms with van der Waals surface area (Å²) in [5.74, 6) is 1.04. The Morgan fingerprint density at radius 2 is 2.00 bits per heavy atom. The Labute approximate surface area is 175 Å². The summed E-state index contributed by atoms with van der Waals surface area (Å²) in [6, 6.07) is 7.65. The van der Waals surface area contributed by atoms with Gasteiger partial charge in [0, 0.05) is 24.9 Å². The number of hydrogen-bond donors (Lipinski definition) is 2. The van der Waals surface area contributed by atoms with Crippen molar-refractivity contribution in [1.82, 2.24) is 5.32 Å². The number of carbonyl (C=O) groups excluding carboxylic acids is 1. The van der Waals surface area contributed by atoms with E-state index >= 15 is 0 Å². The molecule has 0 aromatic heterocycles. The maximum absolute atomic E-state index is 9.97. The van der Waals surface area contributed by atoms with Gasteiger partial charge in [-0.1, -0.05) is 56.4 Å². The van der Waals surface area contributed by atoms with Crippen molar-refractivity contribution in [3.05, 3.63) is 89.9 Å². The van der Waals surface area contributed by atoms with Gasteiger partial charge in [0.25, 0.3) is 0 Å². The molecule has 0 radical (unpaired) electrons. The first kappa shape index (κ1) is 24.0. The predicted octanol–water partition coefficient (Wildman–Crippen LogP) is 5.81. The summed E-state index contributed by atoms with van der Waals surface area (Å²) < 4.78 is 6.00. The van der Waals surface area contributed by atoms with E-state index in [0.29, 0.717) is 6.41 Å². The highest BCUT2D eigenvalue weighted by Gasteiger charge is 2.10. The fourth-order valence-electron chi connectivity index (χ4n) is 2.70. The molecule has 0 saturated carbocycles. The van der Waals surface area contributed by atoms with Crippen LogP contribution in [0.1, 0.15) is 38.7 Å². The average Bonchev–Trinajstić information content (AvgIpc) is 3.13. The molecule has 1 atom stereocenters. The predicted molar refractivity (Wildman–Crippen MR) is 124 cm³/mol. The third-order valence-corrected chi connectivity index (χ3v) is 4.10.